The first-order valence-electron chi connectivity index (χ1n) is 8.56. The van der Waals surface area contributed by atoms with E-state index in [-0.39, 0.29) is 17.4 Å². The van der Waals surface area contributed by atoms with E-state index in [9.17, 15) is 14.7 Å². The van der Waals surface area contributed by atoms with Crippen LogP contribution in [0.15, 0.2) is 59.2 Å². The number of hydrogen-bond donors (Lipinski definition) is 4. The molecule has 28 heavy (non-hydrogen) atoms. The Kier molecular flexibility index (Phi) is 5.53. The molecule has 2 atom stereocenters. The lowest BCUT2D eigenvalue weighted by atomic mass is 10.0. The van der Waals surface area contributed by atoms with Crippen LogP contribution in [0.1, 0.15) is 45.3 Å². The molecule has 0 spiro atoms. The maximum absolute atomic E-state index is 12.5. The predicted octanol–water partition coefficient (Wildman–Crippen LogP) is 2.12. The number of nitrogens with one attached hydrogen (secondary N) is 1. The number of benzene rings is 2. The van der Waals surface area contributed by atoms with E-state index in [0.717, 1.165) is 0 Å². The standard InChI is InChI=1S/C20H20N4O4/c1-11(25)17(22)20-24-16(10-28-20)19(27)23-15-8-4-13(5-9-15)18(26)12-2-6-14(21)7-3-12/h2-11,17,25H,21-22H2,1H3,(H,23,27). The lowest BCUT2D eigenvalue weighted by molar-refractivity contribution is 0.101. The monoisotopic (exact) mass is 380 g/mol. The fourth-order valence-electron chi connectivity index (χ4n) is 2.45. The van der Waals surface area contributed by atoms with Gasteiger partial charge in [-0.1, -0.05) is 0 Å². The van der Waals surface area contributed by atoms with Crippen molar-refractivity contribution in [1.82, 2.24) is 4.98 Å². The molecular weight excluding hydrogens is 360 g/mol. The zero-order chi connectivity index (χ0) is 20.3. The van der Waals surface area contributed by atoms with Crippen LogP contribution in [0, 0.1) is 0 Å². The lowest BCUT2D eigenvalue weighted by Gasteiger charge is -2.09. The van der Waals surface area contributed by atoms with Gasteiger partial charge in [0.05, 0.1) is 6.10 Å². The van der Waals surface area contributed by atoms with Crippen LogP contribution in [-0.4, -0.2) is 27.9 Å². The van der Waals surface area contributed by atoms with Gasteiger partial charge in [0.2, 0.25) is 5.89 Å². The molecule has 2 unspecified atom stereocenters. The number of amides is 1. The number of anilines is 2. The highest BCUT2D eigenvalue weighted by atomic mass is 16.3. The van der Waals surface area contributed by atoms with Crippen molar-refractivity contribution in [2.45, 2.75) is 19.1 Å². The van der Waals surface area contributed by atoms with Crippen LogP contribution in [0.4, 0.5) is 11.4 Å². The number of nitrogen functional groups attached to an aromatic ring is 1. The van der Waals surface area contributed by atoms with Gasteiger partial charge in [0, 0.05) is 22.5 Å². The molecule has 6 N–H and O–H groups in total. The van der Waals surface area contributed by atoms with Crippen LogP contribution in [0.25, 0.3) is 0 Å². The van der Waals surface area contributed by atoms with Gasteiger partial charge in [-0.25, -0.2) is 4.98 Å². The normalized spacial score (nSPS) is 13.0. The maximum atomic E-state index is 12.5. The number of aromatic nitrogens is 1. The number of nitrogens with two attached hydrogens (primary N) is 2. The molecule has 8 nitrogen and oxygen atoms in total. The quantitative estimate of drug-likeness (QED) is 0.378. The molecule has 2 aromatic carbocycles. The van der Waals surface area contributed by atoms with E-state index in [4.69, 9.17) is 15.9 Å². The Hall–Kier alpha value is -3.49. The molecule has 144 valence electrons. The molecule has 3 rings (SSSR count). The number of oxazole rings is 1. The third-order valence-electron chi connectivity index (χ3n) is 4.14. The molecule has 0 aliphatic heterocycles. The number of nitrogens with zero attached hydrogens (tertiary/aromatic N) is 1. The van der Waals surface area contributed by atoms with Crippen LogP contribution in [-0.2, 0) is 0 Å². The number of aliphatic hydroxyl groups excluding tert-OH is 1. The minimum absolute atomic E-state index is 0.0353. The summed E-state index contributed by atoms with van der Waals surface area (Å²) in [4.78, 5) is 28.7. The van der Waals surface area contributed by atoms with Gasteiger partial charge in [-0.15, -0.1) is 0 Å². The molecule has 1 aromatic heterocycles. The molecule has 8 heteroatoms. The Balaban J connectivity index is 1.68. The topological polar surface area (TPSA) is 144 Å². The SMILES string of the molecule is CC(O)C(N)c1nc(C(=O)Nc2ccc(C(=O)c3ccc(N)cc3)cc2)co1. The van der Waals surface area contributed by atoms with Crippen molar-refractivity contribution in [3.63, 3.8) is 0 Å². The molecule has 0 fully saturated rings. The Morgan fingerprint density at radius 3 is 2.21 bits per heavy atom. The first kappa shape index (κ1) is 19.3. The number of aliphatic hydroxyl groups is 1. The van der Waals surface area contributed by atoms with Gasteiger partial charge in [-0.2, -0.15) is 0 Å². The second-order valence-corrected chi connectivity index (χ2v) is 6.32. The average molecular weight is 380 g/mol. The largest absolute Gasteiger partial charge is 0.446 e. The molecule has 1 heterocycles. The van der Waals surface area contributed by atoms with Crippen molar-refractivity contribution < 1.29 is 19.1 Å². The molecule has 0 saturated carbocycles. The molecule has 0 aliphatic carbocycles. The second kappa shape index (κ2) is 8.03. The Bertz CT molecular complexity index is 978. The fourth-order valence-corrected chi connectivity index (χ4v) is 2.45. The smallest absolute Gasteiger partial charge is 0.277 e. The summed E-state index contributed by atoms with van der Waals surface area (Å²) in [6.45, 7) is 1.50. The number of rotatable bonds is 6. The number of ketones is 1. The Morgan fingerprint density at radius 2 is 1.64 bits per heavy atom. The highest BCUT2D eigenvalue weighted by molar-refractivity contribution is 6.09. The molecular formula is C20H20N4O4. The van der Waals surface area contributed by atoms with E-state index in [2.05, 4.69) is 10.3 Å². The van der Waals surface area contributed by atoms with Crippen LogP contribution >= 0.6 is 0 Å². The van der Waals surface area contributed by atoms with E-state index in [0.29, 0.717) is 22.5 Å². The minimum atomic E-state index is -0.860. The molecule has 0 saturated heterocycles. The van der Waals surface area contributed by atoms with Gasteiger partial charge < -0.3 is 26.3 Å². The van der Waals surface area contributed by atoms with E-state index < -0.39 is 18.1 Å². The summed E-state index contributed by atoms with van der Waals surface area (Å²) >= 11 is 0. The highest BCUT2D eigenvalue weighted by Gasteiger charge is 2.20. The van der Waals surface area contributed by atoms with Gasteiger partial charge in [-0.3, -0.25) is 9.59 Å². The summed E-state index contributed by atoms with van der Waals surface area (Å²) in [5.41, 5.74) is 13.5. The fraction of sp³-hybridized carbons (Fsp3) is 0.150. The van der Waals surface area contributed by atoms with Gasteiger partial charge in [-0.05, 0) is 55.5 Å². The number of carbonyl (C=O) groups is 2. The molecule has 0 radical (unpaired) electrons. The third-order valence-corrected chi connectivity index (χ3v) is 4.14. The van der Waals surface area contributed by atoms with Crippen molar-refractivity contribution in [1.29, 1.82) is 0 Å². The summed E-state index contributed by atoms with van der Waals surface area (Å²) in [6.07, 6.45) is 0.312. The number of carbonyl (C=O) groups excluding carboxylic acids is 2. The molecule has 0 bridgehead atoms. The summed E-state index contributed by atoms with van der Waals surface area (Å²) in [7, 11) is 0. The van der Waals surface area contributed by atoms with E-state index in [1.54, 1.807) is 48.5 Å². The van der Waals surface area contributed by atoms with Gasteiger partial charge in [0.15, 0.2) is 11.5 Å². The van der Waals surface area contributed by atoms with E-state index in [1.165, 1.54) is 13.2 Å². The molecule has 1 amide bonds. The minimum Gasteiger partial charge on any atom is -0.446 e. The first-order chi connectivity index (χ1) is 13.3. The third kappa shape index (κ3) is 4.25. The predicted molar refractivity (Wildman–Crippen MR) is 104 cm³/mol. The van der Waals surface area contributed by atoms with Crippen molar-refractivity contribution >= 4 is 23.1 Å². The average Bonchev–Trinajstić information content (AvgIpc) is 3.18. The van der Waals surface area contributed by atoms with Gasteiger partial charge in [0.1, 0.15) is 12.3 Å². The van der Waals surface area contributed by atoms with Gasteiger partial charge in [0.25, 0.3) is 5.91 Å². The summed E-state index contributed by atoms with van der Waals surface area (Å²) < 4.78 is 5.14. The molecule has 3 aromatic rings. The first-order valence-corrected chi connectivity index (χ1v) is 8.56. The Morgan fingerprint density at radius 1 is 1.07 bits per heavy atom. The zero-order valence-electron chi connectivity index (χ0n) is 15.1. The lowest BCUT2D eigenvalue weighted by Crippen LogP contribution is -2.23. The zero-order valence-corrected chi connectivity index (χ0v) is 15.1. The van der Waals surface area contributed by atoms with Crippen LogP contribution in [0.3, 0.4) is 0 Å². The maximum Gasteiger partial charge on any atom is 0.277 e. The number of hydrogen-bond acceptors (Lipinski definition) is 7. The summed E-state index contributed by atoms with van der Waals surface area (Å²) in [5, 5.41) is 12.1. The Labute approximate surface area is 161 Å². The van der Waals surface area contributed by atoms with E-state index in [1.807, 2.05) is 0 Å². The van der Waals surface area contributed by atoms with E-state index >= 15 is 0 Å². The second-order valence-electron chi connectivity index (χ2n) is 6.32. The van der Waals surface area contributed by atoms with Crippen molar-refractivity contribution in [2.75, 3.05) is 11.1 Å². The molecule has 0 aliphatic rings. The van der Waals surface area contributed by atoms with Crippen molar-refractivity contribution in [3.8, 4) is 0 Å². The van der Waals surface area contributed by atoms with Crippen molar-refractivity contribution in [2.24, 2.45) is 5.73 Å². The van der Waals surface area contributed by atoms with Crippen LogP contribution in [0.2, 0.25) is 0 Å². The van der Waals surface area contributed by atoms with Gasteiger partial charge >= 0.3 is 0 Å². The summed E-state index contributed by atoms with van der Waals surface area (Å²) in [5.74, 6) is -0.568. The van der Waals surface area contributed by atoms with Crippen molar-refractivity contribution in [3.05, 3.63) is 77.5 Å². The van der Waals surface area contributed by atoms with Crippen LogP contribution < -0.4 is 16.8 Å². The summed E-state index contributed by atoms with van der Waals surface area (Å²) in [6, 6.07) is 12.3. The highest BCUT2D eigenvalue weighted by Crippen LogP contribution is 2.17. The van der Waals surface area contributed by atoms with Crippen LogP contribution in [0.5, 0.6) is 0 Å².